The van der Waals surface area contributed by atoms with E-state index in [9.17, 15) is 18.0 Å². The van der Waals surface area contributed by atoms with Crippen LogP contribution in [0.25, 0.3) is 0 Å². The highest BCUT2D eigenvalue weighted by Gasteiger charge is 2.28. The van der Waals surface area contributed by atoms with E-state index in [0.717, 1.165) is 0 Å². The van der Waals surface area contributed by atoms with Crippen molar-refractivity contribution in [3.8, 4) is 0 Å². The summed E-state index contributed by atoms with van der Waals surface area (Å²) in [6.45, 7) is 3.82. The third kappa shape index (κ3) is 5.44. The van der Waals surface area contributed by atoms with Crippen LogP contribution >= 0.6 is 0 Å². The van der Waals surface area contributed by atoms with Gasteiger partial charge in [-0.05, 0) is 43.3 Å². The number of esters is 1. The predicted octanol–water partition coefficient (Wildman–Crippen LogP) is 1.81. The maximum Gasteiger partial charge on any atom is 0.338 e. The Morgan fingerprint density at radius 2 is 1.60 bits per heavy atom. The molecule has 3 rings (SSSR count). The lowest BCUT2D eigenvalue weighted by atomic mass is 10.2. The third-order valence-corrected chi connectivity index (χ3v) is 6.67. The van der Waals surface area contributed by atoms with Gasteiger partial charge in [0.15, 0.2) is 0 Å². The molecule has 2 aromatic rings. The van der Waals surface area contributed by atoms with Gasteiger partial charge in [0.1, 0.15) is 0 Å². The second-order valence-corrected chi connectivity index (χ2v) is 8.78. The predicted molar refractivity (Wildman–Crippen MR) is 113 cm³/mol. The number of carbonyl (C=O) groups excluding carboxylic acids is 2. The molecule has 0 atom stereocenters. The number of amides is 1. The Morgan fingerprint density at radius 1 is 0.967 bits per heavy atom. The monoisotopic (exact) mass is 431 g/mol. The van der Waals surface area contributed by atoms with Gasteiger partial charge >= 0.3 is 5.97 Å². The zero-order chi connectivity index (χ0) is 21.6. The van der Waals surface area contributed by atoms with E-state index in [1.54, 1.807) is 61.5 Å². The Hall–Kier alpha value is -2.75. The Morgan fingerprint density at radius 3 is 2.20 bits per heavy atom. The van der Waals surface area contributed by atoms with Crippen molar-refractivity contribution in [3.63, 3.8) is 0 Å². The quantitative estimate of drug-likeness (QED) is 0.672. The van der Waals surface area contributed by atoms with Crippen LogP contribution < -0.4 is 5.32 Å². The number of hydrogen-bond acceptors (Lipinski definition) is 6. The molecule has 30 heavy (non-hydrogen) atoms. The van der Waals surface area contributed by atoms with Gasteiger partial charge in [0, 0.05) is 31.9 Å². The van der Waals surface area contributed by atoms with Crippen LogP contribution in [0.4, 0.5) is 5.69 Å². The van der Waals surface area contributed by atoms with E-state index in [-0.39, 0.29) is 17.3 Å². The van der Waals surface area contributed by atoms with E-state index in [4.69, 9.17) is 4.74 Å². The van der Waals surface area contributed by atoms with E-state index >= 15 is 0 Å². The number of sulfonamides is 1. The van der Waals surface area contributed by atoms with E-state index < -0.39 is 16.0 Å². The van der Waals surface area contributed by atoms with Crippen LogP contribution in [0.3, 0.4) is 0 Å². The van der Waals surface area contributed by atoms with Crippen LogP contribution in [-0.4, -0.2) is 68.8 Å². The molecule has 0 aromatic heterocycles. The van der Waals surface area contributed by atoms with Crippen molar-refractivity contribution in [3.05, 3.63) is 60.2 Å². The molecule has 1 aliphatic rings. The number of hydrogen-bond donors (Lipinski definition) is 1. The van der Waals surface area contributed by atoms with Crippen molar-refractivity contribution < 1.29 is 22.7 Å². The summed E-state index contributed by atoms with van der Waals surface area (Å²) >= 11 is 0. The second kappa shape index (κ2) is 9.84. The average molecular weight is 432 g/mol. The summed E-state index contributed by atoms with van der Waals surface area (Å²) in [5, 5.41) is 2.79. The maximum atomic E-state index is 12.7. The zero-order valence-electron chi connectivity index (χ0n) is 16.8. The van der Waals surface area contributed by atoms with Crippen LogP contribution in [0.5, 0.6) is 0 Å². The molecule has 1 saturated heterocycles. The smallest absolute Gasteiger partial charge is 0.338 e. The van der Waals surface area contributed by atoms with Crippen LogP contribution in [0, 0.1) is 0 Å². The summed E-state index contributed by atoms with van der Waals surface area (Å²) in [6.07, 6.45) is 0. The first-order valence-electron chi connectivity index (χ1n) is 9.74. The van der Waals surface area contributed by atoms with Crippen molar-refractivity contribution >= 4 is 27.6 Å². The van der Waals surface area contributed by atoms with Crippen molar-refractivity contribution in [2.24, 2.45) is 0 Å². The van der Waals surface area contributed by atoms with E-state index in [0.29, 0.717) is 44.0 Å². The van der Waals surface area contributed by atoms with Gasteiger partial charge in [-0.2, -0.15) is 4.31 Å². The second-order valence-electron chi connectivity index (χ2n) is 6.84. The lowest BCUT2D eigenvalue weighted by Crippen LogP contribution is -2.50. The minimum Gasteiger partial charge on any atom is -0.462 e. The highest BCUT2D eigenvalue weighted by atomic mass is 32.2. The Labute approximate surface area is 176 Å². The molecule has 8 nitrogen and oxygen atoms in total. The number of ether oxygens (including phenoxy) is 1. The van der Waals surface area contributed by atoms with E-state index in [2.05, 4.69) is 5.32 Å². The highest BCUT2D eigenvalue weighted by molar-refractivity contribution is 7.89. The van der Waals surface area contributed by atoms with E-state index in [1.165, 1.54) is 4.31 Å². The van der Waals surface area contributed by atoms with Gasteiger partial charge in [-0.1, -0.05) is 18.2 Å². The molecule has 9 heteroatoms. The SMILES string of the molecule is CCOC(=O)c1ccc(NC(=O)CN2CCN(S(=O)(=O)c3ccccc3)CC2)cc1. The first kappa shape index (κ1) is 21.9. The minimum absolute atomic E-state index is 0.166. The molecular formula is C21H25N3O5S. The van der Waals surface area contributed by atoms with Crippen molar-refractivity contribution in [2.45, 2.75) is 11.8 Å². The van der Waals surface area contributed by atoms with Gasteiger partial charge in [-0.15, -0.1) is 0 Å². The third-order valence-electron chi connectivity index (χ3n) is 4.76. The topological polar surface area (TPSA) is 96.0 Å². The molecular weight excluding hydrogens is 406 g/mol. The molecule has 0 aliphatic carbocycles. The van der Waals surface area contributed by atoms with Gasteiger partial charge in [0.05, 0.1) is 23.6 Å². The summed E-state index contributed by atoms with van der Waals surface area (Å²) in [7, 11) is -3.51. The molecule has 1 amide bonds. The number of rotatable bonds is 7. The van der Waals surface area contributed by atoms with E-state index in [1.807, 2.05) is 4.90 Å². The number of nitrogens with zero attached hydrogens (tertiary/aromatic N) is 2. The summed E-state index contributed by atoms with van der Waals surface area (Å²) in [5.74, 6) is -0.600. The maximum absolute atomic E-state index is 12.7. The highest BCUT2D eigenvalue weighted by Crippen LogP contribution is 2.17. The molecule has 1 fully saturated rings. The molecule has 1 heterocycles. The van der Waals surface area contributed by atoms with Gasteiger partial charge in [-0.25, -0.2) is 13.2 Å². The summed E-state index contributed by atoms with van der Waals surface area (Å²) in [5.41, 5.74) is 1.00. The average Bonchev–Trinajstić information content (AvgIpc) is 2.75. The standard InChI is InChI=1S/C21H25N3O5S/c1-2-29-21(26)17-8-10-18(11-9-17)22-20(25)16-23-12-14-24(15-13-23)30(27,28)19-6-4-3-5-7-19/h3-11H,2,12-16H2,1H3,(H,22,25). The summed E-state index contributed by atoms with van der Waals surface area (Å²) in [6, 6.07) is 14.8. The van der Waals surface area contributed by atoms with Crippen LogP contribution in [0.2, 0.25) is 0 Å². The molecule has 0 radical (unpaired) electrons. The first-order chi connectivity index (χ1) is 14.4. The number of nitrogens with one attached hydrogen (secondary N) is 1. The molecule has 0 unspecified atom stereocenters. The molecule has 160 valence electrons. The number of anilines is 1. The summed E-state index contributed by atoms with van der Waals surface area (Å²) in [4.78, 5) is 26.2. The largest absolute Gasteiger partial charge is 0.462 e. The molecule has 0 spiro atoms. The molecule has 1 N–H and O–H groups in total. The van der Waals surface area contributed by atoms with Crippen molar-refractivity contribution in [1.82, 2.24) is 9.21 Å². The van der Waals surface area contributed by atoms with Crippen molar-refractivity contribution in [1.29, 1.82) is 0 Å². The van der Waals surface area contributed by atoms with Gasteiger partial charge in [0.25, 0.3) is 0 Å². The lowest BCUT2D eigenvalue weighted by Gasteiger charge is -2.33. The van der Waals surface area contributed by atoms with Crippen molar-refractivity contribution in [2.75, 3.05) is 44.6 Å². The molecule has 0 saturated carbocycles. The van der Waals surface area contributed by atoms with Gasteiger partial charge < -0.3 is 10.1 Å². The van der Waals surface area contributed by atoms with Crippen LogP contribution in [0.15, 0.2) is 59.5 Å². The fourth-order valence-corrected chi connectivity index (χ4v) is 4.62. The Balaban J connectivity index is 1.49. The first-order valence-corrected chi connectivity index (χ1v) is 11.2. The molecule has 1 aliphatic heterocycles. The zero-order valence-corrected chi connectivity index (χ0v) is 17.6. The number of benzene rings is 2. The normalized spacial score (nSPS) is 15.5. The fraction of sp³-hybridized carbons (Fsp3) is 0.333. The fourth-order valence-electron chi connectivity index (χ4n) is 3.18. The minimum atomic E-state index is -3.51. The Kier molecular flexibility index (Phi) is 7.20. The van der Waals surface area contributed by atoms with Gasteiger partial charge in [-0.3, -0.25) is 9.69 Å². The Bertz CT molecular complexity index is 969. The summed E-state index contributed by atoms with van der Waals surface area (Å²) < 4.78 is 31.7. The number of piperazine rings is 1. The lowest BCUT2D eigenvalue weighted by molar-refractivity contribution is -0.117. The van der Waals surface area contributed by atoms with Crippen LogP contribution in [-0.2, 0) is 19.6 Å². The molecule has 2 aromatic carbocycles. The number of carbonyl (C=O) groups is 2. The molecule has 0 bridgehead atoms. The van der Waals surface area contributed by atoms with Crippen LogP contribution in [0.1, 0.15) is 17.3 Å². The van der Waals surface area contributed by atoms with Gasteiger partial charge in [0.2, 0.25) is 15.9 Å².